The van der Waals surface area contributed by atoms with Crippen molar-refractivity contribution in [2.45, 2.75) is 45.3 Å². The maximum absolute atomic E-state index is 5.99. The zero-order chi connectivity index (χ0) is 18.2. The normalized spacial score (nSPS) is 14.0. The summed E-state index contributed by atoms with van der Waals surface area (Å²) in [5.74, 6) is 1.81. The molecule has 0 unspecified atom stereocenters. The molecule has 0 atom stereocenters. The molecule has 0 spiro atoms. The average molecular weight is 371 g/mol. The van der Waals surface area contributed by atoms with Crippen LogP contribution in [0.3, 0.4) is 0 Å². The second-order valence-corrected chi connectivity index (χ2v) is 6.81. The van der Waals surface area contributed by atoms with Crippen molar-refractivity contribution >= 4 is 23.0 Å². The van der Waals surface area contributed by atoms with Crippen LogP contribution in [0.25, 0.3) is 0 Å². The van der Waals surface area contributed by atoms with E-state index in [1.165, 1.54) is 12.8 Å². The Kier molecular flexibility index (Phi) is 6.72. The first-order valence-electron chi connectivity index (χ1n) is 9.27. The lowest BCUT2D eigenvalue weighted by atomic mass is 10.2. The molecule has 1 saturated carbocycles. The monoisotopic (exact) mass is 370 g/mol. The van der Waals surface area contributed by atoms with Crippen molar-refractivity contribution in [1.82, 2.24) is 5.32 Å². The number of hydrogen-bond acceptors (Lipinski definition) is 3. The molecule has 138 valence electrons. The summed E-state index contributed by atoms with van der Waals surface area (Å²) >= 11 is 5.40. The molecule has 0 bridgehead atoms. The van der Waals surface area contributed by atoms with Crippen LogP contribution in [0, 0.1) is 0 Å². The fraction of sp³-hybridized carbons (Fsp3) is 0.381. The third-order valence-corrected chi connectivity index (χ3v) is 4.68. The van der Waals surface area contributed by atoms with Crippen LogP contribution in [0.15, 0.2) is 48.5 Å². The van der Waals surface area contributed by atoms with Crippen LogP contribution in [0.1, 0.15) is 38.2 Å². The van der Waals surface area contributed by atoms with Crippen molar-refractivity contribution in [1.29, 1.82) is 0 Å². The Bertz CT molecular complexity index is 712. The summed E-state index contributed by atoms with van der Waals surface area (Å²) in [7, 11) is 0. The predicted octanol–water partition coefficient (Wildman–Crippen LogP) is 4.89. The number of anilines is 1. The number of rotatable bonds is 7. The zero-order valence-electron chi connectivity index (χ0n) is 15.2. The number of hydrogen-bond donors (Lipinski definition) is 2. The van der Waals surface area contributed by atoms with Gasteiger partial charge in [-0.1, -0.05) is 18.2 Å². The van der Waals surface area contributed by atoms with Crippen LogP contribution in [-0.4, -0.2) is 17.8 Å². The third kappa shape index (κ3) is 5.36. The lowest BCUT2D eigenvalue weighted by Gasteiger charge is -2.15. The van der Waals surface area contributed by atoms with Crippen LogP contribution in [0.4, 0.5) is 5.69 Å². The zero-order valence-corrected chi connectivity index (χ0v) is 16.0. The lowest BCUT2D eigenvalue weighted by molar-refractivity contribution is 0.210. The summed E-state index contributed by atoms with van der Waals surface area (Å²) in [4.78, 5) is 0. The van der Waals surface area contributed by atoms with Crippen molar-refractivity contribution in [3.05, 3.63) is 54.1 Å². The number of thiocarbonyl (C=S) groups is 1. The molecule has 26 heavy (non-hydrogen) atoms. The third-order valence-electron chi connectivity index (χ3n) is 4.43. The molecule has 0 aliphatic heterocycles. The molecule has 3 rings (SSSR count). The molecule has 0 saturated heterocycles. The van der Waals surface area contributed by atoms with Gasteiger partial charge in [-0.3, -0.25) is 0 Å². The fourth-order valence-corrected chi connectivity index (χ4v) is 3.30. The van der Waals surface area contributed by atoms with Gasteiger partial charge in [0.25, 0.3) is 0 Å². The minimum Gasteiger partial charge on any atom is -0.494 e. The van der Waals surface area contributed by atoms with E-state index >= 15 is 0 Å². The van der Waals surface area contributed by atoms with Gasteiger partial charge in [0.05, 0.1) is 12.7 Å². The molecule has 4 nitrogen and oxygen atoms in total. The van der Waals surface area contributed by atoms with Crippen LogP contribution in [0.2, 0.25) is 0 Å². The van der Waals surface area contributed by atoms with E-state index < -0.39 is 0 Å². The van der Waals surface area contributed by atoms with Crippen molar-refractivity contribution in [3.63, 3.8) is 0 Å². The van der Waals surface area contributed by atoms with Gasteiger partial charge in [-0.25, -0.2) is 0 Å². The highest BCUT2D eigenvalue weighted by atomic mass is 32.1. The van der Waals surface area contributed by atoms with E-state index in [4.69, 9.17) is 21.7 Å². The molecule has 0 heterocycles. The lowest BCUT2D eigenvalue weighted by Crippen LogP contribution is -2.28. The smallest absolute Gasteiger partial charge is 0.171 e. The van der Waals surface area contributed by atoms with Crippen molar-refractivity contribution in [2.24, 2.45) is 0 Å². The molecular formula is C21H26N2O2S. The maximum atomic E-state index is 5.99. The second kappa shape index (κ2) is 9.43. The van der Waals surface area contributed by atoms with E-state index in [1.807, 2.05) is 55.5 Å². The molecule has 0 aromatic heterocycles. The van der Waals surface area contributed by atoms with Crippen molar-refractivity contribution in [3.8, 4) is 11.5 Å². The standard InChI is InChI=1S/C21H26N2O2S/c1-2-24-20-10-6-3-7-16(20)15-22-21(26)23-17-11-13-19(14-12-17)25-18-8-4-5-9-18/h3,6-7,10-14,18H,2,4-5,8-9,15H2,1H3,(H2,22,23,26). The SMILES string of the molecule is CCOc1ccccc1CNC(=S)Nc1ccc(OC2CCCC2)cc1. The van der Waals surface area contributed by atoms with Crippen LogP contribution >= 0.6 is 12.2 Å². The summed E-state index contributed by atoms with van der Waals surface area (Å²) in [5.41, 5.74) is 2.03. The Morgan fingerprint density at radius 3 is 2.54 bits per heavy atom. The molecule has 1 aliphatic carbocycles. The Labute approximate surface area is 160 Å². The molecule has 2 N–H and O–H groups in total. The number of nitrogens with one attached hydrogen (secondary N) is 2. The largest absolute Gasteiger partial charge is 0.494 e. The van der Waals surface area contributed by atoms with Gasteiger partial charge >= 0.3 is 0 Å². The van der Waals surface area contributed by atoms with E-state index in [0.29, 0.717) is 24.4 Å². The molecule has 0 amide bonds. The number of ether oxygens (including phenoxy) is 2. The average Bonchev–Trinajstić information content (AvgIpc) is 3.16. The van der Waals surface area contributed by atoms with Crippen LogP contribution in [0.5, 0.6) is 11.5 Å². The molecule has 2 aromatic rings. The van der Waals surface area contributed by atoms with Gasteiger partial charge in [-0.2, -0.15) is 0 Å². The summed E-state index contributed by atoms with van der Waals surface area (Å²) in [6.45, 7) is 3.25. The Morgan fingerprint density at radius 1 is 1.08 bits per heavy atom. The summed E-state index contributed by atoms with van der Waals surface area (Å²) in [5, 5.41) is 7.02. The van der Waals surface area contributed by atoms with Gasteiger partial charge in [0, 0.05) is 17.8 Å². The van der Waals surface area contributed by atoms with Gasteiger partial charge in [-0.15, -0.1) is 0 Å². The van der Waals surface area contributed by atoms with Gasteiger partial charge in [0.1, 0.15) is 11.5 Å². The minimum atomic E-state index is 0.377. The van der Waals surface area contributed by atoms with Gasteiger partial charge < -0.3 is 20.1 Å². The first-order chi connectivity index (χ1) is 12.7. The minimum absolute atomic E-state index is 0.377. The summed E-state index contributed by atoms with van der Waals surface area (Å²) in [6, 6.07) is 16.0. The molecule has 5 heteroatoms. The van der Waals surface area contributed by atoms with E-state index in [0.717, 1.165) is 35.6 Å². The quantitative estimate of drug-likeness (QED) is 0.679. The first-order valence-corrected chi connectivity index (χ1v) is 9.67. The highest BCUT2D eigenvalue weighted by Crippen LogP contribution is 2.25. The summed E-state index contributed by atoms with van der Waals surface area (Å²) in [6.07, 6.45) is 5.25. The van der Waals surface area contributed by atoms with Crippen molar-refractivity contribution in [2.75, 3.05) is 11.9 Å². The Balaban J connectivity index is 1.48. The molecular weight excluding hydrogens is 344 g/mol. The van der Waals surface area contributed by atoms with E-state index in [1.54, 1.807) is 0 Å². The topological polar surface area (TPSA) is 42.5 Å². The van der Waals surface area contributed by atoms with Crippen LogP contribution in [-0.2, 0) is 6.54 Å². The van der Waals surface area contributed by atoms with E-state index in [2.05, 4.69) is 10.6 Å². The highest BCUT2D eigenvalue weighted by Gasteiger charge is 2.16. The predicted molar refractivity (Wildman–Crippen MR) is 110 cm³/mol. The number of benzene rings is 2. The Hall–Kier alpha value is -2.27. The molecule has 2 aromatic carbocycles. The van der Waals surface area contributed by atoms with Crippen LogP contribution < -0.4 is 20.1 Å². The number of para-hydroxylation sites is 1. The maximum Gasteiger partial charge on any atom is 0.171 e. The molecule has 1 fully saturated rings. The molecule has 0 radical (unpaired) electrons. The van der Waals surface area contributed by atoms with Gasteiger partial charge in [0.15, 0.2) is 5.11 Å². The summed E-state index contributed by atoms with van der Waals surface area (Å²) < 4.78 is 11.6. The Morgan fingerprint density at radius 2 is 1.81 bits per heavy atom. The second-order valence-electron chi connectivity index (χ2n) is 6.40. The first kappa shape index (κ1) is 18.5. The van der Waals surface area contributed by atoms with Gasteiger partial charge in [0.2, 0.25) is 0 Å². The van der Waals surface area contributed by atoms with E-state index in [9.17, 15) is 0 Å². The van der Waals surface area contributed by atoms with Gasteiger partial charge in [-0.05, 0) is 75.2 Å². The van der Waals surface area contributed by atoms with E-state index in [-0.39, 0.29) is 0 Å². The highest BCUT2D eigenvalue weighted by molar-refractivity contribution is 7.80. The van der Waals surface area contributed by atoms with Crippen molar-refractivity contribution < 1.29 is 9.47 Å². The fourth-order valence-electron chi connectivity index (χ4n) is 3.11. The molecule has 1 aliphatic rings.